The van der Waals surface area contributed by atoms with Gasteiger partial charge in [-0.15, -0.1) is 0 Å². The van der Waals surface area contributed by atoms with Crippen LogP contribution < -0.4 is 0 Å². The molecule has 2 aromatic rings. The zero-order chi connectivity index (χ0) is 14.7. The van der Waals surface area contributed by atoms with E-state index in [4.69, 9.17) is 16.6 Å². The number of rotatable bonds is 4. The standard InChI is InChI=1S/C15H18N2O2S/c1-4-12(16(3)5-2)13-14(18)17(15(20)19-13)11-9-7-6-8-10-11/h4,6-10,18H,5H2,1-3H3. The van der Waals surface area contributed by atoms with Crippen molar-refractivity contribution in [2.24, 2.45) is 0 Å². The molecule has 0 amide bonds. The van der Waals surface area contributed by atoms with E-state index in [1.807, 2.05) is 62.2 Å². The Hall–Kier alpha value is -2.01. The van der Waals surface area contributed by atoms with Crippen molar-refractivity contribution in [1.29, 1.82) is 0 Å². The van der Waals surface area contributed by atoms with Gasteiger partial charge >= 0.3 is 0 Å². The Morgan fingerprint density at radius 2 is 2.05 bits per heavy atom. The highest BCUT2D eigenvalue weighted by Gasteiger charge is 2.20. The molecular weight excluding hydrogens is 272 g/mol. The van der Waals surface area contributed by atoms with Crippen molar-refractivity contribution in [2.75, 3.05) is 13.6 Å². The van der Waals surface area contributed by atoms with Crippen LogP contribution in [-0.2, 0) is 0 Å². The van der Waals surface area contributed by atoms with E-state index in [0.29, 0.717) is 5.76 Å². The molecule has 0 radical (unpaired) electrons. The molecule has 1 heterocycles. The Morgan fingerprint density at radius 3 is 2.60 bits per heavy atom. The Morgan fingerprint density at radius 1 is 1.40 bits per heavy atom. The lowest BCUT2D eigenvalue weighted by Gasteiger charge is -2.18. The van der Waals surface area contributed by atoms with Gasteiger partial charge in [-0.05, 0) is 38.2 Å². The topological polar surface area (TPSA) is 41.5 Å². The first-order chi connectivity index (χ1) is 9.60. The number of nitrogens with zero attached hydrogens (tertiary/aromatic N) is 2. The Balaban J connectivity index is 2.58. The molecule has 0 spiro atoms. The van der Waals surface area contributed by atoms with Crippen LogP contribution in [0.15, 0.2) is 40.8 Å². The normalized spacial score (nSPS) is 11.7. The number of hydrogen-bond donors (Lipinski definition) is 1. The number of para-hydroxylation sites is 1. The predicted octanol–water partition coefficient (Wildman–Crippen LogP) is 3.82. The lowest BCUT2D eigenvalue weighted by Crippen LogP contribution is -2.15. The summed E-state index contributed by atoms with van der Waals surface area (Å²) >= 11 is 5.22. The molecule has 5 heteroatoms. The first-order valence-corrected chi connectivity index (χ1v) is 6.89. The summed E-state index contributed by atoms with van der Waals surface area (Å²) in [5.41, 5.74) is 1.59. The maximum Gasteiger partial charge on any atom is 0.276 e. The van der Waals surface area contributed by atoms with Crippen molar-refractivity contribution in [1.82, 2.24) is 9.47 Å². The molecule has 2 rings (SSSR count). The van der Waals surface area contributed by atoms with Gasteiger partial charge in [0.25, 0.3) is 4.84 Å². The highest BCUT2D eigenvalue weighted by molar-refractivity contribution is 7.71. The molecule has 4 nitrogen and oxygen atoms in total. The van der Waals surface area contributed by atoms with E-state index in [-0.39, 0.29) is 10.7 Å². The van der Waals surface area contributed by atoms with E-state index in [2.05, 4.69) is 0 Å². The molecule has 0 saturated carbocycles. The van der Waals surface area contributed by atoms with Crippen LogP contribution in [0.4, 0.5) is 0 Å². The zero-order valence-corrected chi connectivity index (χ0v) is 12.6. The summed E-state index contributed by atoms with van der Waals surface area (Å²) in [4.78, 5) is 2.22. The van der Waals surface area contributed by atoms with Crippen LogP contribution in [0, 0.1) is 4.84 Å². The number of oxazole rings is 1. The van der Waals surface area contributed by atoms with Gasteiger partial charge in [0.05, 0.1) is 11.4 Å². The number of benzene rings is 1. The second kappa shape index (κ2) is 5.96. The van der Waals surface area contributed by atoms with Gasteiger partial charge in [-0.3, -0.25) is 0 Å². The summed E-state index contributed by atoms with van der Waals surface area (Å²) in [6, 6.07) is 9.42. The largest absolute Gasteiger partial charge is 0.491 e. The molecule has 0 aliphatic rings. The maximum absolute atomic E-state index is 10.4. The molecule has 1 N–H and O–H groups in total. The molecule has 106 valence electrons. The van der Waals surface area contributed by atoms with E-state index in [1.165, 1.54) is 4.57 Å². The molecule has 0 aliphatic carbocycles. The Labute approximate surface area is 123 Å². The van der Waals surface area contributed by atoms with Crippen LogP contribution >= 0.6 is 12.2 Å². The first kappa shape index (κ1) is 14.4. The van der Waals surface area contributed by atoms with Gasteiger partial charge in [-0.2, -0.15) is 0 Å². The van der Waals surface area contributed by atoms with E-state index in [1.54, 1.807) is 0 Å². The number of hydrogen-bond acceptors (Lipinski definition) is 4. The molecule has 1 aromatic carbocycles. The monoisotopic (exact) mass is 290 g/mol. The maximum atomic E-state index is 10.4. The van der Waals surface area contributed by atoms with Crippen molar-refractivity contribution >= 4 is 17.9 Å². The van der Waals surface area contributed by atoms with Crippen LogP contribution in [0.1, 0.15) is 19.6 Å². The lowest BCUT2D eigenvalue weighted by atomic mass is 10.3. The average Bonchev–Trinajstić information content (AvgIpc) is 2.75. The van der Waals surface area contributed by atoms with Crippen molar-refractivity contribution < 1.29 is 9.52 Å². The van der Waals surface area contributed by atoms with Gasteiger partial charge in [-0.25, -0.2) is 4.57 Å². The van der Waals surface area contributed by atoms with E-state index < -0.39 is 0 Å². The van der Waals surface area contributed by atoms with Crippen LogP contribution in [-0.4, -0.2) is 28.2 Å². The third kappa shape index (κ3) is 2.49. The Kier molecular flexibility index (Phi) is 4.29. The highest BCUT2D eigenvalue weighted by Crippen LogP contribution is 2.31. The summed E-state index contributed by atoms with van der Waals surface area (Å²) in [5.74, 6) is 0.417. The molecule has 0 fully saturated rings. The quantitative estimate of drug-likeness (QED) is 0.869. The van der Waals surface area contributed by atoms with Crippen LogP contribution in [0.3, 0.4) is 0 Å². The smallest absolute Gasteiger partial charge is 0.276 e. The van der Waals surface area contributed by atoms with Gasteiger partial charge < -0.3 is 14.4 Å². The molecule has 0 bridgehead atoms. The van der Waals surface area contributed by atoms with Gasteiger partial charge in [0.1, 0.15) is 0 Å². The average molecular weight is 290 g/mol. The molecule has 1 aromatic heterocycles. The second-order valence-corrected chi connectivity index (χ2v) is 4.73. The van der Waals surface area contributed by atoms with Gasteiger partial charge in [0.15, 0.2) is 0 Å². The predicted molar refractivity (Wildman–Crippen MR) is 82.5 cm³/mol. The third-order valence-electron chi connectivity index (χ3n) is 3.19. The van der Waals surface area contributed by atoms with Crippen LogP contribution in [0.5, 0.6) is 5.88 Å². The summed E-state index contributed by atoms with van der Waals surface area (Å²) < 4.78 is 7.12. The molecular formula is C15H18N2O2S. The molecule has 0 atom stereocenters. The van der Waals surface area contributed by atoms with Gasteiger partial charge in [0, 0.05) is 13.6 Å². The summed E-state index contributed by atoms with van der Waals surface area (Å²) in [6.07, 6.45) is 1.90. The van der Waals surface area contributed by atoms with E-state index >= 15 is 0 Å². The van der Waals surface area contributed by atoms with Gasteiger partial charge in [0.2, 0.25) is 11.6 Å². The summed E-state index contributed by atoms with van der Waals surface area (Å²) in [5, 5.41) is 10.4. The number of aromatic hydroxyl groups is 1. The summed E-state index contributed by atoms with van der Waals surface area (Å²) in [7, 11) is 1.94. The van der Waals surface area contributed by atoms with Gasteiger partial charge in [-0.1, -0.05) is 24.3 Å². The molecule has 0 saturated heterocycles. The minimum Gasteiger partial charge on any atom is -0.491 e. The fourth-order valence-corrected chi connectivity index (χ4v) is 2.31. The van der Waals surface area contributed by atoms with Crippen molar-refractivity contribution in [3.63, 3.8) is 0 Å². The highest BCUT2D eigenvalue weighted by atomic mass is 32.1. The zero-order valence-electron chi connectivity index (χ0n) is 11.8. The minimum atomic E-state index is 0.0228. The Bertz CT molecular complexity index is 671. The van der Waals surface area contributed by atoms with Crippen LogP contribution in [0.25, 0.3) is 11.4 Å². The number of allylic oxidation sites excluding steroid dienone is 1. The fraction of sp³-hybridized carbons (Fsp3) is 0.267. The van der Waals surface area contributed by atoms with Crippen LogP contribution in [0.2, 0.25) is 0 Å². The molecule has 0 unspecified atom stereocenters. The fourth-order valence-electron chi connectivity index (χ4n) is 2.03. The second-order valence-electron chi connectivity index (χ2n) is 4.38. The van der Waals surface area contributed by atoms with E-state index in [0.717, 1.165) is 17.9 Å². The van der Waals surface area contributed by atoms with Crippen molar-refractivity contribution in [3.8, 4) is 11.6 Å². The molecule has 0 aliphatic heterocycles. The SMILES string of the molecule is CC=C(c1oc(=S)n(-c2ccccc2)c1O)N(C)CC. The van der Waals surface area contributed by atoms with E-state index in [9.17, 15) is 5.11 Å². The van der Waals surface area contributed by atoms with Crippen molar-refractivity contribution in [3.05, 3.63) is 47.0 Å². The molecule has 20 heavy (non-hydrogen) atoms. The third-order valence-corrected chi connectivity index (χ3v) is 3.46. The van der Waals surface area contributed by atoms with Crippen molar-refractivity contribution in [2.45, 2.75) is 13.8 Å². The summed E-state index contributed by atoms with van der Waals surface area (Å²) in [6.45, 7) is 4.74. The number of aromatic nitrogens is 1. The first-order valence-electron chi connectivity index (χ1n) is 6.48. The lowest BCUT2D eigenvalue weighted by molar-refractivity contribution is 0.420. The minimum absolute atomic E-state index is 0.0228.